The van der Waals surface area contributed by atoms with Crippen molar-refractivity contribution in [2.24, 2.45) is 0 Å². The van der Waals surface area contributed by atoms with Gasteiger partial charge in [0.1, 0.15) is 11.6 Å². The van der Waals surface area contributed by atoms with Crippen molar-refractivity contribution in [3.8, 4) is 5.88 Å². The molecule has 88 valence electrons. The van der Waals surface area contributed by atoms with Crippen molar-refractivity contribution in [1.29, 1.82) is 0 Å². The fourth-order valence-corrected chi connectivity index (χ4v) is 1.48. The molecule has 0 amide bonds. The molecule has 0 aromatic carbocycles. The first-order valence-corrected chi connectivity index (χ1v) is 5.32. The second kappa shape index (κ2) is 4.97. The van der Waals surface area contributed by atoms with Gasteiger partial charge in [-0.05, 0) is 23.7 Å². The van der Waals surface area contributed by atoms with Gasteiger partial charge in [-0.25, -0.2) is 9.97 Å². The molecule has 5 nitrogen and oxygen atoms in total. The van der Waals surface area contributed by atoms with E-state index < -0.39 is 0 Å². The minimum atomic E-state index is 0.206. The summed E-state index contributed by atoms with van der Waals surface area (Å²) in [5.41, 5.74) is 0. The summed E-state index contributed by atoms with van der Waals surface area (Å²) in [7, 11) is 3.42. The van der Waals surface area contributed by atoms with E-state index >= 15 is 0 Å². The molecule has 0 fully saturated rings. The quantitative estimate of drug-likeness (QED) is 0.783. The molecular formula is C11H11ClN4O. The van der Waals surface area contributed by atoms with Gasteiger partial charge in [-0.3, -0.25) is 0 Å². The van der Waals surface area contributed by atoms with E-state index in [2.05, 4.69) is 15.0 Å². The predicted octanol–water partition coefficient (Wildman–Crippen LogP) is 2.30. The monoisotopic (exact) mass is 250 g/mol. The topological polar surface area (TPSA) is 51.1 Å². The summed E-state index contributed by atoms with van der Waals surface area (Å²) in [4.78, 5) is 14.0. The van der Waals surface area contributed by atoms with E-state index in [-0.39, 0.29) is 5.28 Å². The average molecular weight is 251 g/mol. The van der Waals surface area contributed by atoms with Gasteiger partial charge in [-0.1, -0.05) is 6.07 Å². The van der Waals surface area contributed by atoms with E-state index in [4.69, 9.17) is 16.3 Å². The number of ether oxygens (including phenoxy) is 1. The van der Waals surface area contributed by atoms with Gasteiger partial charge in [0.2, 0.25) is 11.2 Å². The summed E-state index contributed by atoms with van der Waals surface area (Å²) in [5, 5.41) is 0.206. The van der Waals surface area contributed by atoms with Gasteiger partial charge >= 0.3 is 0 Å². The molecule has 2 aromatic heterocycles. The normalized spacial score (nSPS) is 10.1. The van der Waals surface area contributed by atoms with Gasteiger partial charge in [-0.2, -0.15) is 4.98 Å². The summed E-state index contributed by atoms with van der Waals surface area (Å²) >= 11 is 5.74. The summed E-state index contributed by atoms with van der Waals surface area (Å²) in [6, 6.07) is 7.26. The number of hydrogen-bond acceptors (Lipinski definition) is 5. The molecule has 2 rings (SSSR count). The summed E-state index contributed by atoms with van der Waals surface area (Å²) in [6.07, 6.45) is 1.60. The lowest BCUT2D eigenvalue weighted by Gasteiger charge is -2.17. The SMILES string of the molecule is COc1cccc(N(C)c2ccnc(Cl)n2)n1. The number of methoxy groups -OCH3 is 1. The summed E-state index contributed by atoms with van der Waals surface area (Å²) in [5.74, 6) is 1.94. The lowest BCUT2D eigenvalue weighted by Crippen LogP contribution is -2.13. The Balaban J connectivity index is 2.33. The van der Waals surface area contributed by atoms with Crippen LogP contribution in [0.3, 0.4) is 0 Å². The van der Waals surface area contributed by atoms with Gasteiger partial charge in [0.25, 0.3) is 0 Å². The lowest BCUT2D eigenvalue weighted by atomic mass is 10.4. The molecule has 0 aliphatic carbocycles. The predicted molar refractivity (Wildman–Crippen MR) is 65.9 cm³/mol. The summed E-state index contributed by atoms with van der Waals surface area (Å²) < 4.78 is 5.07. The standard InChI is InChI=1S/C11H11ClN4O/c1-16(9-6-7-13-11(12)15-9)8-4-3-5-10(14-8)17-2/h3-7H,1-2H3. The number of aromatic nitrogens is 3. The van der Waals surface area contributed by atoms with Crippen molar-refractivity contribution in [2.45, 2.75) is 0 Å². The highest BCUT2D eigenvalue weighted by atomic mass is 35.5. The molecule has 6 heteroatoms. The highest BCUT2D eigenvalue weighted by Crippen LogP contribution is 2.21. The van der Waals surface area contributed by atoms with Crippen molar-refractivity contribution in [1.82, 2.24) is 15.0 Å². The first-order valence-electron chi connectivity index (χ1n) is 4.94. The molecule has 17 heavy (non-hydrogen) atoms. The van der Waals surface area contributed by atoms with E-state index in [0.29, 0.717) is 11.7 Å². The van der Waals surface area contributed by atoms with Crippen molar-refractivity contribution in [3.05, 3.63) is 35.7 Å². The van der Waals surface area contributed by atoms with Crippen LogP contribution >= 0.6 is 11.6 Å². The number of halogens is 1. The van der Waals surface area contributed by atoms with E-state index in [9.17, 15) is 0 Å². The van der Waals surface area contributed by atoms with Crippen LogP contribution in [0.5, 0.6) is 5.88 Å². The first kappa shape index (κ1) is 11.6. The third-order valence-electron chi connectivity index (χ3n) is 2.22. The van der Waals surface area contributed by atoms with E-state index in [1.807, 2.05) is 19.2 Å². The molecule has 2 heterocycles. The zero-order chi connectivity index (χ0) is 12.3. The smallest absolute Gasteiger partial charge is 0.224 e. The van der Waals surface area contributed by atoms with Crippen LogP contribution in [0.15, 0.2) is 30.5 Å². The van der Waals surface area contributed by atoms with Crippen LogP contribution in [-0.2, 0) is 0 Å². The molecule has 0 saturated carbocycles. The van der Waals surface area contributed by atoms with Crippen LogP contribution in [0.25, 0.3) is 0 Å². The van der Waals surface area contributed by atoms with Crippen LogP contribution in [-0.4, -0.2) is 29.1 Å². The van der Waals surface area contributed by atoms with Crippen molar-refractivity contribution in [3.63, 3.8) is 0 Å². The minimum absolute atomic E-state index is 0.206. The maximum absolute atomic E-state index is 5.74. The Morgan fingerprint density at radius 2 is 1.94 bits per heavy atom. The molecule has 0 atom stereocenters. The maximum Gasteiger partial charge on any atom is 0.224 e. The second-order valence-electron chi connectivity index (χ2n) is 3.28. The Morgan fingerprint density at radius 1 is 1.18 bits per heavy atom. The Labute approximate surface area is 104 Å². The van der Waals surface area contributed by atoms with Gasteiger partial charge in [0.15, 0.2) is 0 Å². The van der Waals surface area contributed by atoms with E-state index in [0.717, 1.165) is 5.82 Å². The Hall–Kier alpha value is -1.88. The Bertz CT molecular complexity index is 520. The fraction of sp³-hybridized carbons (Fsp3) is 0.182. The molecule has 0 aliphatic heterocycles. The molecule has 0 bridgehead atoms. The number of hydrogen-bond donors (Lipinski definition) is 0. The molecule has 0 radical (unpaired) electrons. The van der Waals surface area contributed by atoms with Gasteiger partial charge in [0.05, 0.1) is 7.11 Å². The molecule has 0 unspecified atom stereocenters. The molecular weight excluding hydrogens is 240 g/mol. The third-order valence-corrected chi connectivity index (χ3v) is 2.40. The molecule has 0 saturated heterocycles. The molecule has 0 aliphatic rings. The minimum Gasteiger partial charge on any atom is -0.481 e. The molecule has 0 spiro atoms. The van der Waals surface area contributed by atoms with E-state index in [1.54, 1.807) is 30.3 Å². The van der Waals surface area contributed by atoms with Crippen molar-refractivity contribution < 1.29 is 4.74 Å². The van der Waals surface area contributed by atoms with Crippen LogP contribution in [0.4, 0.5) is 11.6 Å². The van der Waals surface area contributed by atoms with Gasteiger partial charge in [-0.15, -0.1) is 0 Å². The zero-order valence-corrected chi connectivity index (χ0v) is 10.2. The molecule has 2 aromatic rings. The highest BCUT2D eigenvalue weighted by molar-refractivity contribution is 6.28. The van der Waals surface area contributed by atoms with Crippen LogP contribution in [0.2, 0.25) is 5.28 Å². The third kappa shape index (κ3) is 2.62. The summed E-state index contributed by atoms with van der Waals surface area (Å²) in [6.45, 7) is 0. The Kier molecular flexibility index (Phi) is 3.39. The van der Waals surface area contributed by atoms with Crippen LogP contribution in [0.1, 0.15) is 0 Å². The number of rotatable bonds is 3. The number of anilines is 2. The highest BCUT2D eigenvalue weighted by Gasteiger charge is 2.08. The lowest BCUT2D eigenvalue weighted by molar-refractivity contribution is 0.398. The van der Waals surface area contributed by atoms with Crippen LogP contribution in [0, 0.1) is 0 Å². The van der Waals surface area contributed by atoms with Crippen molar-refractivity contribution in [2.75, 3.05) is 19.1 Å². The average Bonchev–Trinajstić information content (AvgIpc) is 2.38. The van der Waals surface area contributed by atoms with Crippen molar-refractivity contribution >= 4 is 23.2 Å². The van der Waals surface area contributed by atoms with Gasteiger partial charge in [0, 0.05) is 19.3 Å². The number of nitrogens with zero attached hydrogens (tertiary/aromatic N) is 4. The zero-order valence-electron chi connectivity index (χ0n) is 9.46. The van der Waals surface area contributed by atoms with Gasteiger partial charge < -0.3 is 9.64 Å². The first-order chi connectivity index (χ1) is 8.20. The number of pyridine rings is 1. The Morgan fingerprint density at radius 3 is 2.65 bits per heavy atom. The maximum atomic E-state index is 5.74. The van der Waals surface area contributed by atoms with Crippen LogP contribution < -0.4 is 9.64 Å². The second-order valence-corrected chi connectivity index (χ2v) is 3.62. The largest absolute Gasteiger partial charge is 0.481 e. The van der Waals surface area contributed by atoms with E-state index in [1.165, 1.54) is 0 Å². The molecule has 0 N–H and O–H groups in total. The fourth-order valence-electron chi connectivity index (χ4n) is 1.33.